The molecule has 1 aromatic carbocycles. The van der Waals surface area contributed by atoms with Crippen LogP contribution in [0.5, 0.6) is 0 Å². The van der Waals surface area contributed by atoms with Gasteiger partial charge in [0, 0.05) is 18.5 Å². The fourth-order valence-electron chi connectivity index (χ4n) is 3.29. The number of carbonyl (C=O) groups is 1. The molecular formula is C18H21N5OS. The van der Waals surface area contributed by atoms with Crippen molar-refractivity contribution in [2.45, 2.75) is 43.5 Å². The Kier molecular flexibility index (Phi) is 4.33. The van der Waals surface area contributed by atoms with Gasteiger partial charge in [-0.05, 0) is 45.2 Å². The van der Waals surface area contributed by atoms with Gasteiger partial charge in [-0.3, -0.25) is 4.79 Å². The molecule has 1 aliphatic heterocycles. The lowest BCUT2D eigenvalue weighted by atomic mass is 10.1. The summed E-state index contributed by atoms with van der Waals surface area (Å²) in [6.45, 7) is 5.56. The summed E-state index contributed by atoms with van der Waals surface area (Å²) in [5.41, 5.74) is 1.67. The Morgan fingerprint density at radius 3 is 2.72 bits per heavy atom. The van der Waals surface area contributed by atoms with Crippen LogP contribution in [0.15, 0.2) is 29.4 Å². The van der Waals surface area contributed by atoms with Gasteiger partial charge in [0.15, 0.2) is 10.8 Å². The molecule has 0 bridgehead atoms. The highest BCUT2D eigenvalue weighted by Gasteiger charge is 2.25. The SMILES string of the molecule is Cc1nc2c3ccccc3nc(SC(C)C(=O)N3CCCCC3)n2n1. The van der Waals surface area contributed by atoms with Crippen molar-refractivity contribution in [3.63, 3.8) is 0 Å². The Balaban J connectivity index is 1.69. The molecule has 7 heteroatoms. The zero-order valence-electron chi connectivity index (χ0n) is 14.5. The highest BCUT2D eigenvalue weighted by Crippen LogP contribution is 2.28. The van der Waals surface area contributed by atoms with Crippen LogP contribution in [0, 0.1) is 6.92 Å². The molecule has 0 radical (unpaired) electrons. The van der Waals surface area contributed by atoms with Crippen LogP contribution in [0.2, 0.25) is 0 Å². The van der Waals surface area contributed by atoms with E-state index in [1.807, 2.05) is 43.0 Å². The summed E-state index contributed by atoms with van der Waals surface area (Å²) in [5, 5.41) is 5.98. The van der Waals surface area contributed by atoms with Crippen LogP contribution >= 0.6 is 11.8 Å². The van der Waals surface area contributed by atoms with Gasteiger partial charge in [0.25, 0.3) is 0 Å². The van der Waals surface area contributed by atoms with Crippen molar-refractivity contribution < 1.29 is 4.79 Å². The number of benzene rings is 1. The molecule has 25 heavy (non-hydrogen) atoms. The summed E-state index contributed by atoms with van der Waals surface area (Å²) >= 11 is 1.46. The van der Waals surface area contributed by atoms with E-state index < -0.39 is 0 Å². The Hall–Kier alpha value is -2.15. The summed E-state index contributed by atoms with van der Waals surface area (Å²) in [6, 6.07) is 7.91. The minimum absolute atomic E-state index is 0.185. The largest absolute Gasteiger partial charge is 0.342 e. The molecule has 2 aromatic heterocycles. The van der Waals surface area contributed by atoms with E-state index in [0.29, 0.717) is 11.0 Å². The van der Waals surface area contributed by atoms with Gasteiger partial charge in [-0.15, -0.1) is 5.10 Å². The van der Waals surface area contributed by atoms with Crippen molar-refractivity contribution in [2.75, 3.05) is 13.1 Å². The lowest BCUT2D eigenvalue weighted by Crippen LogP contribution is -2.40. The fraction of sp³-hybridized carbons (Fsp3) is 0.444. The molecule has 0 spiro atoms. The van der Waals surface area contributed by atoms with E-state index in [2.05, 4.69) is 10.1 Å². The van der Waals surface area contributed by atoms with Crippen LogP contribution in [0.3, 0.4) is 0 Å². The highest BCUT2D eigenvalue weighted by molar-refractivity contribution is 8.00. The van der Waals surface area contributed by atoms with Crippen LogP contribution in [0.4, 0.5) is 0 Å². The van der Waals surface area contributed by atoms with Crippen molar-refractivity contribution in [1.82, 2.24) is 24.5 Å². The normalized spacial score (nSPS) is 16.5. The number of hydrogen-bond donors (Lipinski definition) is 0. The van der Waals surface area contributed by atoms with Crippen LogP contribution in [-0.2, 0) is 4.79 Å². The van der Waals surface area contributed by atoms with E-state index in [0.717, 1.165) is 42.5 Å². The first-order chi connectivity index (χ1) is 12.1. The molecule has 1 amide bonds. The van der Waals surface area contributed by atoms with Gasteiger partial charge in [0.2, 0.25) is 5.91 Å². The van der Waals surface area contributed by atoms with Crippen molar-refractivity contribution in [3.05, 3.63) is 30.1 Å². The van der Waals surface area contributed by atoms with Gasteiger partial charge in [0.05, 0.1) is 10.8 Å². The minimum Gasteiger partial charge on any atom is -0.342 e. The lowest BCUT2D eigenvalue weighted by Gasteiger charge is -2.28. The van der Waals surface area contributed by atoms with Gasteiger partial charge < -0.3 is 4.90 Å². The molecule has 6 nitrogen and oxygen atoms in total. The second-order valence-corrected chi connectivity index (χ2v) is 7.76. The Bertz CT molecular complexity index is 932. The summed E-state index contributed by atoms with van der Waals surface area (Å²) < 4.78 is 1.77. The Morgan fingerprint density at radius 1 is 1.16 bits per heavy atom. The van der Waals surface area contributed by atoms with E-state index in [9.17, 15) is 4.79 Å². The monoisotopic (exact) mass is 355 g/mol. The predicted molar refractivity (Wildman–Crippen MR) is 98.8 cm³/mol. The number of para-hydroxylation sites is 1. The average molecular weight is 355 g/mol. The number of carbonyl (C=O) groups excluding carboxylic acids is 1. The Labute approximate surface area is 150 Å². The number of aryl methyl sites for hydroxylation is 1. The molecule has 0 N–H and O–H groups in total. The van der Waals surface area contributed by atoms with Crippen molar-refractivity contribution >= 4 is 34.2 Å². The molecule has 0 saturated carbocycles. The van der Waals surface area contributed by atoms with Gasteiger partial charge >= 0.3 is 0 Å². The van der Waals surface area contributed by atoms with Gasteiger partial charge in [-0.25, -0.2) is 9.97 Å². The molecule has 3 aromatic rings. The second-order valence-electron chi connectivity index (χ2n) is 6.45. The maximum absolute atomic E-state index is 12.7. The number of piperidine rings is 1. The van der Waals surface area contributed by atoms with Gasteiger partial charge in [-0.1, -0.05) is 23.9 Å². The molecular weight excluding hydrogens is 334 g/mol. The zero-order valence-corrected chi connectivity index (χ0v) is 15.3. The van der Waals surface area contributed by atoms with E-state index in [4.69, 9.17) is 4.98 Å². The van der Waals surface area contributed by atoms with Crippen LogP contribution in [0.25, 0.3) is 16.6 Å². The van der Waals surface area contributed by atoms with E-state index in [-0.39, 0.29) is 11.2 Å². The van der Waals surface area contributed by atoms with Gasteiger partial charge in [0.1, 0.15) is 5.82 Å². The van der Waals surface area contributed by atoms with Gasteiger partial charge in [-0.2, -0.15) is 4.52 Å². The molecule has 3 heterocycles. The van der Waals surface area contributed by atoms with Crippen LogP contribution < -0.4 is 0 Å². The lowest BCUT2D eigenvalue weighted by molar-refractivity contribution is -0.131. The smallest absolute Gasteiger partial charge is 0.235 e. The molecule has 130 valence electrons. The third-order valence-corrected chi connectivity index (χ3v) is 5.58. The third kappa shape index (κ3) is 3.08. The van der Waals surface area contributed by atoms with Crippen LogP contribution in [0.1, 0.15) is 32.0 Å². The number of aromatic nitrogens is 4. The first kappa shape index (κ1) is 16.3. The maximum Gasteiger partial charge on any atom is 0.235 e. The maximum atomic E-state index is 12.7. The standard InChI is InChI=1S/C18H21N5OS/c1-12(17(24)22-10-6-3-7-11-22)25-18-20-15-9-5-4-8-14(15)16-19-13(2)21-23(16)18/h4-5,8-9,12H,3,6-7,10-11H2,1-2H3. The highest BCUT2D eigenvalue weighted by atomic mass is 32.2. The van der Waals surface area contributed by atoms with Crippen molar-refractivity contribution in [3.8, 4) is 0 Å². The summed E-state index contributed by atoms with van der Waals surface area (Å²) in [4.78, 5) is 24.0. The first-order valence-electron chi connectivity index (χ1n) is 8.71. The first-order valence-corrected chi connectivity index (χ1v) is 9.59. The quantitative estimate of drug-likeness (QED) is 0.534. The zero-order chi connectivity index (χ0) is 17.4. The van der Waals surface area contributed by atoms with Crippen molar-refractivity contribution in [2.24, 2.45) is 0 Å². The number of likely N-dealkylation sites (tertiary alicyclic amines) is 1. The predicted octanol–water partition coefficient (Wildman–Crippen LogP) is 3.08. The van der Waals surface area contributed by atoms with E-state index in [1.54, 1.807) is 4.52 Å². The van der Waals surface area contributed by atoms with Crippen LogP contribution in [-0.4, -0.2) is 48.7 Å². The number of rotatable bonds is 3. The molecule has 1 fully saturated rings. The second kappa shape index (κ2) is 6.63. The fourth-order valence-corrected chi connectivity index (χ4v) is 4.23. The van der Waals surface area contributed by atoms with E-state index >= 15 is 0 Å². The summed E-state index contributed by atoms with van der Waals surface area (Å²) in [5.74, 6) is 0.889. The molecule has 1 saturated heterocycles. The molecule has 1 atom stereocenters. The number of hydrogen-bond acceptors (Lipinski definition) is 5. The minimum atomic E-state index is -0.195. The molecule has 1 aliphatic rings. The number of thioether (sulfide) groups is 1. The van der Waals surface area contributed by atoms with Crippen molar-refractivity contribution in [1.29, 1.82) is 0 Å². The topological polar surface area (TPSA) is 63.4 Å². The Morgan fingerprint density at radius 2 is 1.92 bits per heavy atom. The van der Waals surface area contributed by atoms with E-state index in [1.165, 1.54) is 18.2 Å². The summed E-state index contributed by atoms with van der Waals surface area (Å²) in [7, 11) is 0. The summed E-state index contributed by atoms with van der Waals surface area (Å²) in [6.07, 6.45) is 3.42. The average Bonchev–Trinajstić information content (AvgIpc) is 3.04. The molecule has 0 aliphatic carbocycles. The number of fused-ring (bicyclic) bond motifs is 3. The third-order valence-electron chi connectivity index (χ3n) is 4.55. The number of nitrogens with zero attached hydrogens (tertiary/aromatic N) is 5. The number of amides is 1. The molecule has 4 rings (SSSR count). The molecule has 1 unspecified atom stereocenters.